The second-order valence-corrected chi connectivity index (χ2v) is 14.8. The largest absolute Gasteiger partial charge is 0.368 e. The van der Waals surface area contributed by atoms with Crippen molar-refractivity contribution in [2.45, 2.75) is 62.8 Å². The van der Waals surface area contributed by atoms with Gasteiger partial charge in [-0.2, -0.15) is 0 Å². The highest BCUT2D eigenvalue weighted by atomic mass is 16.5. The first-order chi connectivity index (χ1) is 25.9. The van der Waals surface area contributed by atoms with Gasteiger partial charge in [-0.3, -0.25) is 24.6 Å². The smallest absolute Gasteiger partial charge is 0.271 e. The number of piperidine rings is 3. The van der Waals surface area contributed by atoms with Crippen molar-refractivity contribution in [2.24, 2.45) is 5.73 Å². The molecule has 0 aliphatic carbocycles. The molecule has 6 heterocycles. The lowest BCUT2D eigenvalue weighted by Crippen LogP contribution is -2.60. The summed E-state index contributed by atoms with van der Waals surface area (Å²) in [6, 6.07) is 19.2. The van der Waals surface area contributed by atoms with Crippen molar-refractivity contribution in [3.63, 3.8) is 0 Å². The van der Waals surface area contributed by atoms with E-state index in [2.05, 4.69) is 77.9 Å². The van der Waals surface area contributed by atoms with Gasteiger partial charge in [-0.1, -0.05) is 41.6 Å². The molecule has 0 spiro atoms. The molecule has 4 N–H and O–H groups in total. The molecule has 3 amide bonds. The Bertz CT molecular complexity index is 2200. The van der Waals surface area contributed by atoms with Gasteiger partial charge in [-0.25, -0.2) is 9.97 Å². The van der Waals surface area contributed by atoms with Crippen LogP contribution in [0.5, 0.6) is 0 Å². The predicted molar refractivity (Wildman–Crippen MR) is 203 cm³/mol. The van der Waals surface area contributed by atoms with E-state index in [0.717, 1.165) is 98.3 Å². The summed E-state index contributed by atoms with van der Waals surface area (Å²) in [7, 11) is 0. The van der Waals surface area contributed by atoms with E-state index in [0.29, 0.717) is 41.9 Å². The number of nitrogens with two attached hydrogens (primary N) is 1. The van der Waals surface area contributed by atoms with Gasteiger partial charge < -0.3 is 25.4 Å². The lowest BCUT2D eigenvalue weighted by molar-refractivity contribution is -0.134. The molecular weight excluding hydrogens is 670 g/mol. The molecule has 0 radical (unpaired) electrons. The summed E-state index contributed by atoms with van der Waals surface area (Å²) in [4.78, 5) is 53.0. The Labute approximate surface area is 306 Å². The van der Waals surface area contributed by atoms with E-state index < -0.39 is 11.8 Å². The molecule has 4 fully saturated rings. The molecule has 9 rings (SSSR count). The van der Waals surface area contributed by atoms with Gasteiger partial charge in [0.05, 0.1) is 17.5 Å². The highest BCUT2D eigenvalue weighted by molar-refractivity contribution is 6.14. The van der Waals surface area contributed by atoms with E-state index in [9.17, 15) is 14.4 Å². The summed E-state index contributed by atoms with van der Waals surface area (Å²) in [5, 5.41) is 13.1. The highest BCUT2D eigenvalue weighted by Crippen LogP contribution is 2.41. The lowest BCUT2D eigenvalue weighted by Gasteiger charge is -2.49. The minimum Gasteiger partial charge on any atom is -0.368 e. The average Bonchev–Trinajstić information content (AvgIpc) is 3.59. The number of nitrogens with one attached hydrogen (secondary N) is 2. The van der Waals surface area contributed by atoms with Crippen LogP contribution in [0.15, 0.2) is 65.3 Å². The van der Waals surface area contributed by atoms with Gasteiger partial charge in [0.1, 0.15) is 11.5 Å². The summed E-state index contributed by atoms with van der Waals surface area (Å²) in [5.41, 5.74) is 10.3. The first-order valence-corrected chi connectivity index (χ1v) is 18.8. The molecular formula is C40H43N9O4. The third kappa shape index (κ3) is 6.32. The number of carbonyl (C=O) groups excluding carboxylic acids is 3. The molecule has 0 bridgehead atoms. The fourth-order valence-corrected chi connectivity index (χ4v) is 8.64. The fraction of sp³-hybridized carbons (Fsp3) is 0.400. The van der Waals surface area contributed by atoms with Crippen LogP contribution >= 0.6 is 0 Å². The summed E-state index contributed by atoms with van der Waals surface area (Å²) >= 11 is 0. The Morgan fingerprint density at radius 2 is 1.66 bits per heavy atom. The lowest BCUT2D eigenvalue weighted by atomic mass is 9.88. The van der Waals surface area contributed by atoms with Crippen molar-refractivity contribution in [2.75, 3.05) is 54.4 Å². The van der Waals surface area contributed by atoms with Gasteiger partial charge in [-0.15, -0.1) is 0 Å². The van der Waals surface area contributed by atoms with Gasteiger partial charge >= 0.3 is 0 Å². The number of rotatable bonds is 8. The second-order valence-electron chi connectivity index (χ2n) is 14.8. The number of aromatic nitrogens is 3. The Hall–Kier alpha value is -5.56. The van der Waals surface area contributed by atoms with Crippen LogP contribution < -0.4 is 26.2 Å². The maximum Gasteiger partial charge on any atom is 0.271 e. The van der Waals surface area contributed by atoms with E-state index >= 15 is 0 Å². The van der Waals surface area contributed by atoms with Gasteiger partial charge in [0.25, 0.3) is 5.91 Å². The maximum atomic E-state index is 12.7. The fourth-order valence-electron chi connectivity index (χ4n) is 8.64. The van der Waals surface area contributed by atoms with Crippen LogP contribution in [0.4, 0.5) is 23.0 Å². The Morgan fingerprint density at radius 3 is 2.40 bits per heavy atom. The number of carbonyl (C=O) groups is 3. The minimum absolute atomic E-state index is 0.141. The zero-order valence-corrected chi connectivity index (χ0v) is 29.6. The van der Waals surface area contributed by atoms with E-state index in [1.165, 1.54) is 12.0 Å². The zero-order valence-electron chi connectivity index (χ0n) is 29.6. The number of primary amides is 1. The van der Waals surface area contributed by atoms with Gasteiger partial charge in [0.15, 0.2) is 17.1 Å². The van der Waals surface area contributed by atoms with Gasteiger partial charge in [0.2, 0.25) is 11.8 Å². The summed E-state index contributed by atoms with van der Waals surface area (Å²) in [6.07, 6.45) is 8.02. The summed E-state index contributed by atoms with van der Waals surface area (Å²) in [6.45, 7) is 5.82. The monoisotopic (exact) mass is 713 g/mol. The zero-order chi connectivity index (χ0) is 36.1. The topological polar surface area (TPSA) is 163 Å². The number of hydrogen-bond donors (Lipinski definition) is 3. The minimum atomic E-state index is -0.604. The maximum absolute atomic E-state index is 12.7. The molecule has 13 nitrogen and oxygen atoms in total. The molecule has 272 valence electrons. The van der Waals surface area contributed by atoms with Crippen molar-refractivity contribution in [3.05, 3.63) is 77.7 Å². The number of amides is 3. The third-order valence-corrected chi connectivity index (χ3v) is 11.6. The van der Waals surface area contributed by atoms with Crippen molar-refractivity contribution < 1.29 is 18.9 Å². The molecule has 4 aliphatic rings. The van der Waals surface area contributed by atoms with Gasteiger partial charge in [0, 0.05) is 61.5 Å². The first kappa shape index (κ1) is 33.3. The number of benzene rings is 3. The van der Waals surface area contributed by atoms with E-state index in [1.807, 2.05) is 12.1 Å². The number of hydrogen-bond acceptors (Lipinski definition) is 11. The van der Waals surface area contributed by atoms with Gasteiger partial charge in [-0.05, 0) is 80.6 Å². The second kappa shape index (κ2) is 13.8. The molecule has 4 saturated heterocycles. The number of anilines is 4. The van der Waals surface area contributed by atoms with Crippen LogP contribution in [-0.4, -0.2) is 83.1 Å². The molecule has 4 aliphatic heterocycles. The molecule has 0 saturated carbocycles. The van der Waals surface area contributed by atoms with Crippen molar-refractivity contribution >= 4 is 62.5 Å². The Balaban J connectivity index is 0.835. The quantitative estimate of drug-likeness (QED) is 0.181. The predicted octanol–water partition coefficient (Wildman–Crippen LogP) is 5.19. The van der Waals surface area contributed by atoms with Crippen molar-refractivity contribution in [1.29, 1.82) is 0 Å². The average molecular weight is 714 g/mol. The highest BCUT2D eigenvalue weighted by Gasteiger charge is 2.37. The Kier molecular flexibility index (Phi) is 8.65. The normalized spacial score (nSPS) is 20.5. The number of imide groups is 1. The van der Waals surface area contributed by atoms with Crippen molar-refractivity contribution in [1.82, 2.24) is 25.3 Å². The van der Waals surface area contributed by atoms with Crippen LogP contribution in [0.2, 0.25) is 0 Å². The van der Waals surface area contributed by atoms with Crippen LogP contribution in [-0.2, 0) is 9.59 Å². The number of nitrogens with zero attached hydrogens (tertiary/aromatic N) is 6. The number of likely N-dealkylation sites (tertiary alicyclic amines) is 1. The summed E-state index contributed by atoms with van der Waals surface area (Å²) in [5.74, 6) is -0.0277. The molecule has 53 heavy (non-hydrogen) atoms. The van der Waals surface area contributed by atoms with Crippen LogP contribution in [0, 0.1) is 0 Å². The molecule has 1 unspecified atom stereocenters. The van der Waals surface area contributed by atoms with E-state index in [4.69, 9.17) is 15.2 Å². The van der Waals surface area contributed by atoms with E-state index in [-0.39, 0.29) is 17.5 Å². The SMILES string of the molecule is NC(=O)c1ncc(N2CCCCC2)nc1Nc1ccc(C2CCN(C3CN(c4cc5onc(C6CCC(=O)NC6=O)c5c5ccccc45)C3)CC2)cc1. The van der Waals surface area contributed by atoms with Crippen LogP contribution in [0.3, 0.4) is 0 Å². The third-order valence-electron chi connectivity index (χ3n) is 11.6. The molecule has 1 atom stereocenters. The van der Waals surface area contributed by atoms with Crippen LogP contribution in [0.1, 0.15) is 78.5 Å². The Morgan fingerprint density at radius 1 is 0.906 bits per heavy atom. The molecule has 3 aromatic carbocycles. The molecule has 13 heteroatoms. The van der Waals surface area contributed by atoms with Crippen molar-refractivity contribution in [3.8, 4) is 0 Å². The standard InChI is InChI=1S/C40H43N9O4/c41-38(51)37-39(44-33(21-42-37)48-16-4-1-5-17-48)43-26-10-8-24(9-11-26)25-14-18-47(19-15-25)27-22-49(23-27)31-20-32-35(29-7-3-2-6-28(29)31)36(46-53-32)30-12-13-34(50)45-40(30)52/h2-3,6-11,20-21,25,27,30H,1,4-5,12-19,22-23H2,(H2,41,51)(H,43,44)(H,45,50,52). The van der Waals surface area contributed by atoms with E-state index in [1.54, 1.807) is 6.20 Å². The molecule has 2 aromatic heterocycles. The first-order valence-electron chi connectivity index (χ1n) is 18.8. The number of fused-ring (bicyclic) bond motifs is 3. The summed E-state index contributed by atoms with van der Waals surface area (Å²) < 4.78 is 5.84. The molecule has 5 aromatic rings. The van der Waals surface area contributed by atoms with Crippen LogP contribution in [0.25, 0.3) is 21.7 Å².